The van der Waals surface area contributed by atoms with Crippen LogP contribution >= 0.6 is 0 Å². The second-order valence-electron chi connectivity index (χ2n) is 7.65. The zero-order chi connectivity index (χ0) is 12.5. The standard InChI is InChI=1S/C16H26O/c1-11-6-9-16-13(17)10-12(2)15(11,16)8-5-7-14(16,3)4/h11-12H,5-10H2,1-4H3/t11-,12?,15+,16-/m1/s1. The van der Waals surface area contributed by atoms with Crippen LogP contribution < -0.4 is 0 Å². The van der Waals surface area contributed by atoms with E-state index in [-0.39, 0.29) is 10.8 Å². The van der Waals surface area contributed by atoms with Crippen molar-refractivity contribution in [3.63, 3.8) is 0 Å². The summed E-state index contributed by atoms with van der Waals surface area (Å²) in [5.41, 5.74) is 0.626. The quantitative estimate of drug-likeness (QED) is 0.613. The van der Waals surface area contributed by atoms with Gasteiger partial charge in [0.25, 0.3) is 0 Å². The number of hydrogen-bond donors (Lipinski definition) is 0. The van der Waals surface area contributed by atoms with E-state index in [9.17, 15) is 4.79 Å². The van der Waals surface area contributed by atoms with E-state index < -0.39 is 0 Å². The van der Waals surface area contributed by atoms with Crippen LogP contribution in [-0.4, -0.2) is 5.78 Å². The molecular formula is C16H26O. The van der Waals surface area contributed by atoms with Gasteiger partial charge in [-0.2, -0.15) is 0 Å². The fraction of sp³-hybridized carbons (Fsp3) is 0.938. The molecule has 0 aliphatic heterocycles. The number of ketones is 1. The Morgan fingerprint density at radius 1 is 1.06 bits per heavy atom. The molecule has 3 saturated carbocycles. The summed E-state index contributed by atoms with van der Waals surface area (Å²) in [7, 11) is 0. The van der Waals surface area contributed by atoms with Crippen molar-refractivity contribution < 1.29 is 4.79 Å². The first-order valence-corrected chi connectivity index (χ1v) is 7.42. The van der Waals surface area contributed by atoms with Gasteiger partial charge in [-0.3, -0.25) is 4.79 Å². The van der Waals surface area contributed by atoms with Gasteiger partial charge in [-0.1, -0.05) is 34.1 Å². The molecule has 0 radical (unpaired) electrons. The summed E-state index contributed by atoms with van der Waals surface area (Å²) in [5, 5.41) is 0. The van der Waals surface area contributed by atoms with Crippen molar-refractivity contribution in [3.05, 3.63) is 0 Å². The molecule has 4 atom stereocenters. The summed E-state index contributed by atoms with van der Waals surface area (Å²) in [4.78, 5) is 12.8. The lowest BCUT2D eigenvalue weighted by molar-refractivity contribution is -0.149. The van der Waals surface area contributed by atoms with E-state index in [1.54, 1.807) is 0 Å². The molecule has 3 aliphatic rings. The van der Waals surface area contributed by atoms with Gasteiger partial charge in [0.05, 0.1) is 0 Å². The van der Waals surface area contributed by atoms with Gasteiger partial charge < -0.3 is 0 Å². The van der Waals surface area contributed by atoms with Crippen LogP contribution in [0.2, 0.25) is 0 Å². The number of carbonyl (C=O) groups is 1. The summed E-state index contributed by atoms with van der Waals surface area (Å²) in [6.07, 6.45) is 7.19. The Hall–Kier alpha value is -0.330. The van der Waals surface area contributed by atoms with Gasteiger partial charge in [-0.25, -0.2) is 0 Å². The maximum absolute atomic E-state index is 12.8. The van der Waals surface area contributed by atoms with Crippen LogP contribution in [0.1, 0.15) is 66.2 Å². The highest BCUT2D eigenvalue weighted by molar-refractivity contribution is 5.90. The number of carbonyl (C=O) groups excluding carboxylic acids is 1. The summed E-state index contributed by atoms with van der Waals surface area (Å²) in [5.74, 6) is 1.98. The fourth-order valence-electron chi connectivity index (χ4n) is 6.37. The largest absolute Gasteiger partial charge is 0.299 e. The highest BCUT2D eigenvalue weighted by Gasteiger charge is 2.73. The topological polar surface area (TPSA) is 17.1 Å². The summed E-state index contributed by atoms with van der Waals surface area (Å²) in [6.45, 7) is 9.50. The average molecular weight is 234 g/mol. The van der Waals surface area contributed by atoms with Crippen molar-refractivity contribution in [1.29, 1.82) is 0 Å². The summed E-state index contributed by atoms with van der Waals surface area (Å²) >= 11 is 0. The first-order valence-electron chi connectivity index (χ1n) is 7.42. The predicted octanol–water partition coefficient (Wildman–Crippen LogP) is 4.21. The fourth-order valence-corrected chi connectivity index (χ4v) is 6.37. The molecule has 0 amide bonds. The Bertz CT molecular complexity index is 370. The normalized spacial score (nSPS) is 52.4. The Kier molecular flexibility index (Phi) is 2.18. The van der Waals surface area contributed by atoms with Gasteiger partial charge in [-0.05, 0) is 48.3 Å². The molecule has 17 heavy (non-hydrogen) atoms. The van der Waals surface area contributed by atoms with E-state index in [1.165, 1.54) is 32.1 Å². The van der Waals surface area contributed by atoms with Crippen LogP contribution in [-0.2, 0) is 4.79 Å². The molecule has 1 nitrogen and oxygen atoms in total. The summed E-state index contributed by atoms with van der Waals surface area (Å²) in [6, 6.07) is 0. The minimum absolute atomic E-state index is 0.0388. The number of rotatable bonds is 0. The molecule has 0 spiro atoms. The van der Waals surface area contributed by atoms with Gasteiger partial charge in [0, 0.05) is 11.8 Å². The molecule has 1 heteroatoms. The Morgan fingerprint density at radius 2 is 1.76 bits per heavy atom. The molecule has 0 aromatic rings. The monoisotopic (exact) mass is 234 g/mol. The van der Waals surface area contributed by atoms with Crippen molar-refractivity contribution in [3.8, 4) is 0 Å². The number of hydrogen-bond acceptors (Lipinski definition) is 1. The van der Waals surface area contributed by atoms with Crippen LogP contribution in [0, 0.1) is 28.1 Å². The zero-order valence-corrected chi connectivity index (χ0v) is 11.8. The van der Waals surface area contributed by atoms with Crippen molar-refractivity contribution in [2.45, 2.75) is 66.2 Å². The van der Waals surface area contributed by atoms with Crippen LogP contribution in [0.25, 0.3) is 0 Å². The first-order chi connectivity index (χ1) is 7.88. The van der Waals surface area contributed by atoms with Crippen LogP contribution in [0.3, 0.4) is 0 Å². The van der Waals surface area contributed by atoms with Gasteiger partial charge in [0.1, 0.15) is 5.78 Å². The summed E-state index contributed by atoms with van der Waals surface area (Å²) < 4.78 is 0. The Labute approximate surface area is 105 Å². The molecule has 0 saturated heterocycles. The molecule has 3 fully saturated rings. The highest BCUT2D eigenvalue weighted by Crippen LogP contribution is 2.76. The lowest BCUT2D eigenvalue weighted by Crippen LogP contribution is -2.54. The second kappa shape index (κ2) is 3.16. The molecular weight excluding hydrogens is 208 g/mol. The third kappa shape index (κ3) is 1.02. The molecule has 0 N–H and O–H groups in total. The van der Waals surface area contributed by atoms with Gasteiger partial charge in [-0.15, -0.1) is 0 Å². The average Bonchev–Trinajstić information content (AvgIpc) is 2.66. The SMILES string of the molecule is CC1CC(=O)[C@@]23CC[C@@H](C)[C@@]12CCCC3(C)C. The van der Waals surface area contributed by atoms with Crippen LogP contribution in [0.5, 0.6) is 0 Å². The lowest BCUT2D eigenvalue weighted by Gasteiger charge is -2.57. The molecule has 1 unspecified atom stereocenters. The molecule has 0 aromatic carbocycles. The third-order valence-corrected chi connectivity index (χ3v) is 7.02. The first kappa shape index (κ1) is 11.7. The molecule has 3 rings (SSSR count). The maximum Gasteiger partial charge on any atom is 0.140 e. The van der Waals surface area contributed by atoms with Crippen LogP contribution in [0.15, 0.2) is 0 Å². The third-order valence-electron chi connectivity index (χ3n) is 7.02. The molecule has 96 valence electrons. The smallest absolute Gasteiger partial charge is 0.140 e. The van der Waals surface area contributed by atoms with Crippen molar-refractivity contribution in [2.75, 3.05) is 0 Å². The van der Waals surface area contributed by atoms with Gasteiger partial charge in [0.15, 0.2) is 0 Å². The molecule has 0 aromatic heterocycles. The van der Waals surface area contributed by atoms with Crippen molar-refractivity contribution >= 4 is 5.78 Å². The highest BCUT2D eigenvalue weighted by atomic mass is 16.1. The number of Topliss-reactive ketones (excluding diaryl/α,β-unsaturated/α-hetero) is 1. The molecule has 0 heterocycles. The minimum Gasteiger partial charge on any atom is -0.299 e. The molecule has 3 aliphatic carbocycles. The van der Waals surface area contributed by atoms with E-state index in [1.807, 2.05) is 0 Å². The maximum atomic E-state index is 12.8. The van der Waals surface area contributed by atoms with Gasteiger partial charge in [0.2, 0.25) is 0 Å². The Balaban J connectivity index is 2.23. The predicted molar refractivity (Wildman–Crippen MR) is 69.7 cm³/mol. The Morgan fingerprint density at radius 3 is 2.41 bits per heavy atom. The van der Waals surface area contributed by atoms with E-state index in [0.717, 1.165) is 12.3 Å². The van der Waals surface area contributed by atoms with E-state index >= 15 is 0 Å². The molecule has 0 bridgehead atoms. The van der Waals surface area contributed by atoms with Gasteiger partial charge >= 0.3 is 0 Å². The van der Waals surface area contributed by atoms with E-state index in [4.69, 9.17) is 0 Å². The zero-order valence-electron chi connectivity index (χ0n) is 11.8. The minimum atomic E-state index is 0.0388. The van der Waals surface area contributed by atoms with E-state index in [2.05, 4.69) is 27.7 Å². The van der Waals surface area contributed by atoms with E-state index in [0.29, 0.717) is 17.1 Å². The van der Waals surface area contributed by atoms with Crippen molar-refractivity contribution in [2.24, 2.45) is 28.1 Å². The van der Waals surface area contributed by atoms with Crippen LogP contribution in [0.4, 0.5) is 0 Å². The van der Waals surface area contributed by atoms with Crippen molar-refractivity contribution in [1.82, 2.24) is 0 Å². The lowest BCUT2D eigenvalue weighted by atomic mass is 9.46. The second-order valence-corrected chi connectivity index (χ2v) is 7.65.